The van der Waals surface area contributed by atoms with Crippen molar-refractivity contribution < 1.29 is 9.47 Å². The molecular formula is C17H33NO2. The molecule has 2 rings (SSSR count). The van der Waals surface area contributed by atoms with Crippen molar-refractivity contribution in [2.75, 3.05) is 13.2 Å². The second kappa shape index (κ2) is 8.35. The van der Waals surface area contributed by atoms with E-state index in [0.29, 0.717) is 18.2 Å². The zero-order valence-corrected chi connectivity index (χ0v) is 13.6. The third kappa shape index (κ3) is 4.44. The quantitative estimate of drug-likeness (QED) is 0.739. The largest absolute Gasteiger partial charge is 0.374 e. The molecule has 5 atom stereocenters. The third-order valence-electron chi connectivity index (χ3n) is 4.68. The molecule has 3 heteroatoms. The van der Waals surface area contributed by atoms with Crippen molar-refractivity contribution in [1.82, 2.24) is 5.32 Å². The molecule has 2 fully saturated rings. The summed E-state index contributed by atoms with van der Waals surface area (Å²) in [6.45, 7) is 8.68. The minimum atomic E-state index is 0.277. The first-order valence-corrected chi connectivity index (χ1v) is 8.75. The van der Waals surface area contributed by atoms with Gasteiger partial charge in [0.25, 0.3) is 0 Å². The molecule has 0 heterocycles. The summed E-state index contributed by atoms with van der Waals surface area (Å²) in [5.74, 6) is 0.831. The highest BCUT2D eigenvalue weighted by atomic mass is 16.6. The van der Waals surface area contributed by atoms with Crippen LogP contribution in [0.15, 0.2) is 0 Å². The molecule has 0 amide bonds. The molecular weight excluding hydrogens is 250 g/mol. The Bertz CT molecular complexity index is 272. The Morgan fingerprint density at radius 1 is 1.10 bits per heavy atom. The smallest absolute Gasteiger partial charge is 0.0990 e. The first-order chi connectivity index (χ1) is 9.74. The van der Waals surface area contributed by atoms with Gasteiger partial charge in [0.1, 0.15) is 0 Å². The summed E-state index contributed by atoms with van der Waals surface area (Å²) in [7, 11) is 0. The summed E-state index contributed by atoms with van der Waals surface area (Å²) in [6, 6.07) is 0.507. The van der Waals surface area contributed by atoms with Crippen LogP contribution in [0.4, 0.5) is 0 Å². The summed E-state index contributed by atoms with van der Waals surface area (Å²) in [6.07, 6.45) is 9.66. The van der Waals surface area contributed by atoms with E-state index in [1.807, 2.05) is 0 Å². The Morgan fingerprint density at radius 2 is 1.95 bits per heavy atom. The van der Waals surface area contributed by atoms with E-state index in [0.717, 1.165) is 31.9 Å². The second-order valence-corrected chi connectivity index (χ2v) is 6.70. The average Bonchev–Trinajstić information content (AvgIpc) is 2.42. The maximum absolute atomic E-state index is 6.35. The van der Waals surface area contributed by atoms with E-state index < -0.39 is 0 Å². The molecule has 3 nitrogen and oxygen atoms in total. The molecule has 0 saturated heterocycles. The van der Waals surface area contributed by atoms with Crippen molar-refractivity contribution in [3.63, 3.8) is 0 Å². The normalized spacial score (nSPS) is 37.6. The van der Waals surface area contributed by atoms with Gasteiger partial charge in [0, 0.05) is 12.6 Å². The number of ether oxygens (including phenoxy) is 2. The minimum absolute atomic E-state index is 0.277. The second-order valence-electron chi connectivity index (χ2n) is 6.70. The Kier molecular flexibility index (Phi) is 6.79. The van der Waals surface area contributed by atoms with E-state index in [1.165, 1.54) is 32.1 Å². The molecule has 0 spiro atoms. The first kappa shape index (κ1) is 16.3. The molecule has 2 saturated carbocycles. The number of nitrogens with one attached hydrogen (secondary N) is 1. The van der Waals surface area contributed by atoms with Gasteiger partial charge in [-0.1, -0.05) is 33.6 Å². The molecule has 0 aromatic carbocycles. The SMILES string of the molecule is CCCNC1CC(OC2CCCC(C)C2)C1OCCC. The lowest BCUT2D eigenvalue weighted by atomic mass is 9.83. The maximum atomic E-state index is 6.35. The van der Waals surface area contributed by atoms with Crippen LogP contribution in [0.5, 0.6) is 0 Å². The first-order valence-electron chi connectivity index (χ1n) is 8.75. The fourth-order valence-corrected chi connectivity index (χ4v) is 3.47. The Labute approximate surface area is 124 Å². The van der Waals surface area contributed by atoms with Crippen LogP contribution < -0.4 is 5.32 Å². The van der Waals surface area contributed by atoms with Crippen LogP contribution in [0.2, 0.25) is 0 Å². The van der Waals surface area contributed by atoms with E-state index in [2.05, 4.69) is 26.1 Å². The van der Waals surface area contributed by atoms with Gasteiger partial charge in [-0.05, 0) is 44.6 Å². The Hall–Kier alpha value is -0.120. The van der Waals surface area contributed by atoms with Crippen LogP contribution >= 0.6 is 0 Å². The predicted molar refractivity (Wildman–Crippen MR) is 83.0 cm³/mol. The monoisotopic (exact) mass is 283 g/mol. The lowest BCUT2D eigenvalue weighted by Crippen LogP contribution is -2.61. The highest BCUT2D eigenvalue weighted by Gasteiger charge is 2.43. The molecule has 20 heavy (non-hydrogen) atoms. The van der Waals surface area contributed by atoms with Crippen molar-refractivity contribution in [3.8, 4) is 0 Å². The summed E-state index contributed by atoms with van der Waals surface area (Å²) >= 11 is 0. The van der Waals surface area contributed by atoms with Gasteiger partial charge in [-0.2, -0.15) is 0 Å². The van der Waals surface area contributed by atoms with Crippen LogP contribution in [0.25, 0.3) is 0 Å². The number of rotatable bonds is 8. The summed E-state index contributed by atoms with van der Waals surface area (Å²) in [4.78, 5) is 0. The molecule has 118 valence electrons. The highest BCUT2D eigenvalue weighted by molar-refractivity contribution is 4.98. The van der Waals surface area contributed by atoms with E-state index in [-0.39, 0.29) is 6.10 Å². The topological polar surface area (TPSA) is 30.5 Å². The average molecular weight is 283 g/mol. The molecule has 1 N–H and O–H groups in total. The Morgan fingerprint density at radius 3 is 2.65 bits per heavy atom. The summed E-state index contributed by atoms with van der Waals surface area (Å²) < 4.78 is 12.4. The standard InChI is InChI=1S/C17H33NO2/c1-4-9-18-15-12-16(17(15)19-10-5-2)20-14-8-6-7-13(3)11-14/h13-18H,4-12H2,1-3H3. The molecule has 2 aliphatic carbocycles. The van der Waals surface area contributed by atoms with Crippen LogP contribution in [-0.2, 0) is 9.47 Å². The molecule has 0 radical (unpaired) electrons. The van der Waals surface area contributed by atoms with Crippen LogP contribution in [0.3, 0.4) is 0 Å². The predicted octanol–water partition coefficient (Wildman–Crippen LogP) is 3.52. The van der Waals surface area contributed by atoms with Crippen molar-refractivity contribution in [1.29, 1.82) is 0 Å². The van der Waals surface area contributed by atoms with Gasteiger partial charge in [0.15, 0.2) is 0 Å². The van der Waals surface area contributed by atoms with Crippen LogP contribution in [-0.4, -0.2) is 37.5 Å². The fraction of sp³-hybridized carbons (Fsp3) is 1.00. The molecule has 0 aromatic rings. The van der Waals surface area contributed by atoms with E-state index >= 15 is 0 Å². The molecule has 0 aliphatic heterocycles. The van der Waals surface area contributed by atoms with Gasteiger partial charge >= 0.3 is 0 Å². The zero-order chi connectivity index (χ0) is 14.4. The van der Waals surface area contributed by atoms with Crippen LogP contribution in [0, 0.1) is 5.92 Å². The molecule has 2 aliphatic rings. The fourth-order valence-electron chi connectivity index (χ4n) is 3.47. The van der Waals surface area contributed by atoms with Gasteiger partial charge in [-0.15, -0.1) is 0 Å². The van der Waals surface area contributed by atoms with Crippen LogP contribution in [0.1, 0.15) is 65.7 Å². The Balaban J connectivity index is 1.77. The van der Waals surface area contributed by atoms with E-state index in [4.69, 9.17) is 9.47 Å². The number of hydrogen-bond donors (Lipinski definition) is 1. The lowest BCUT2D eigenvalue weighted by Gasteiger charge is -2.46. The number of hydrogen-bond acceptors (Lipinski definition) is 3. The van der Waals surface area contributed by atoms with Crippen molar-refractivity contribution in [2.24, 2.45) is 5.92 Å². The molecule has 0 bridgehead atoms. The zero-order valence-electron chi connectivity index (χ0n) is 13.6. The van der Waals surface area contributed by atoms with Crippen molar-refractivity contribution in [2.45, 2.75) is 90.1 Å². The molecule has 5 unspecified atom stereocenters. The maximum Gasteiger partial charge on any atom is 0.0990 e. The summed E-state index contributed by atoms with van der Waals surface area (Å²) in [5, 5.41) is 3.60. The van der Waals surface area contributed by atoms with Crippen molar-refractivity contribution >= 4 is 0 Å². The van der Waals surface area contributed by atoms with Gasteiger partial charge < -0.3 is 14.8 Å². The highest BCUT2D eigenvalue weighted by Crippen LogP contribution is 2.33. The molecule has 0 aromatic heterocycles. The summed E-state index contributed by atoms with van der Waals surface area (Å²) in [5.41, 5.74) is 0. The van der Waals surface area contributed by atoms with Crippen molar-refractivity contribution in [3.05, 3.63) is 0 Å². The van der Waals surface area contributed by atoms with Gasteiger partial charge in [-0.25, -0.2) is 0 Å². The minimum Gasteiger partial charge on any atom is -0.374 e. The lowest BCUT2D eigenvalue weighted by molar-refractivity contribution is -0.174. The van der Waals surface area contributed by atoms with E-state index in [9.17, 15) is 0 Å². The third-order valence-corrected chi connectivity index (χ3v) is 4.68. The van der Waals surface area contributed by atoms with Gasteiger partial charge in [0.2, 0.25) is 0 Å². The van der Waals surface area contributed by atoms with E-state index in [1.54, 1.807) is 0 Å². The van der Waals surface area contributed by atoms with Gasteiger partial charge in [0.05, 0.1) is 18.3 Å². The van der Waals surface area contributed by atoms with Gasteiger partial charge in [-0.3, -0.25) is 0 Å².